The third-order valence-corrected chi connectivity index (χ3v) is 5.69. The average molecular weight is 387 g/mol. The lowest BCUT2D eigenvalue weighted by Crippen LogP contribution is -2.39. The van der Waals surface area contributed by atoms with Crippen LogP contribution in [0.2, 0.25) is 0 Å². The molecule has 7 nitrogen and oxygen atoms in total. The monoisotopic (exact) mass is 387 g/mol. The van der Waals surface area contributed by atoms with Gasteiger partial charge in [-0.15, -0.1) is 0 Å². The van der Waals surface area contributed by atoms with Crippen molar-refractivity contribution in [1.82, 2.24) is 10.2 Å². The summed E-state index contributed by atoms with van der Waals surface area (Å²) in [6.07, 6.45) is 3.75. The molecule has 0 saturated carbocycles. The van der Waals surface area contributed by atoms with Crippen LogP contribution in [0.3, 0.4) is 0 Å². The van der Waals surface area contributed by atoms with Crippen molar-refractivity contribution in [2.45, 2.75) is 32.1 Å². The van der Waals surface area contributed by atoms with Crippen molar-refractivity contribution in [2.75, 3.05) is 38.6 Å². The van der Waals surface area contributed by atoms with E-state index >= 15 is 0 Å². The number of esters is 1. The Hall–Kier alpha value is -2.41. The standard InChI is InChI=1S/C21H29N3O4/c1-28-19(25)14-15-8-12-24(13-9-15)21(27)17-2-4-18(5-3-17)23-20(26)16-6-10-22-11-7-16/h2-5,15-16,22H,6-14H2,1H3,(H,23,26). The van der Waals surface area contributed by atoms with Crippen molar-refractivity contribution in [2.24, 2.45) is 11.8 Å². The number of nitrogens with zero attached hydrogens (tertiary/aromatic N) is 1. The molecule has 2 N–H and O–H groups in total. The Kier molecular flexibility index (Phi) is 7.03. The predicted molar refractivity (Wildman–Crippen MR) is 106 cm³/mol. The van der Waals surface area contributed by atoms with Crippen molar-refractivity contribution in [3.05, 3.63) is 29.8 Å². The average Bonchev–Trinajstić information content (AvgIpc) is 2.75. The second-order valence-electron chi connectivity index (χ2n) is 7.61. The van der Waals surface area contributed by atoms with Crippen LogP contribution in [0.1, 0.15) is 42.5 Å². The zero-order valence-electron chi connectivity index (χ0n) is 16.4. The van der Waals surface area contributed by atoms with E-state index in [4.69, 9.17) is 4.74 Å². The molecule has 0 spiro atoms. The number of likely N-dealkylation sites (tertiary alicyclic amines) is 1. The lowest BCUT2D eigenvalue weighted by molar-refractivity contribution is -0.142. The summed E-state index contributed by atoms with van der Waals surface area (Å²) < 4.78 is 4.72. The third kappa shape index (κ3) is 5.32. The molecule has 0 bridgehead atoms. The zero-order chi connectivity index (χ0) is 19.9. The molecule has 0 atom stereocenters. The molecule has 0 aromatic heterocycles. The van der Waals surface area contributed by atoms with Gasteiger partial charge in [0.05, 0.1) is 7.11 Å². The Morgan fingerprint density at radius 2 is 1.71 bits per heavy atom. The SMILES string of the molecule is COC(=O)CC1CCN(C(=O)c2ccc(NC(=O)C3CCNCC3)cc2)CC1. The Labute approximate surface area is 165 Å². The molecule has 1 aromatic rings. The number of rotatable bonds is 5. The first-order valence-corrected chi connectivity index (χ1v) is 10.0. The number of benzene rings is 1. The van der Waals surface area contributed by atoms with Crippen LogP contribution < -0.4 is 10.6 Å². The minimum atomic E-state index is -0.188. The summed E-state index contributed by atoms with van der Waals surface area (Å²) in [4.78, 5) is 38.2. The molecule has 2 aliphatic heterocycles. The maximum Gasteiger partial charge on any atom is 0.305 e. The molecule has 2 saturated heterocycles. The van der Waals surface area contributed by atoms with E-state index in [0.717, 1.165) is 44.5 Å². The number of carbonyl (C=O) groups excluding carboxylic acids is 3. The highest BCUT2D eigenvalue weighted by molar-refractivity contribution is 5.96. The smallest absolute Gasteiger partial charge is 0.305 e. The topological polar surface area (TPSA) is 87.7 Å². The first kappa shape index (κ1) is 20.3. The van der Waals surface area contributed by atoms with E-state index in [2.05, 4.69) is 10.6 Å². The van der Waals surface area contributed by atoms with Gasteiger partial charge in [-0.2, -0.15) is 0 Å². The number of nitrogens with one attached hydrogen (secondary N) is 2. The van der Waals surface area contributed by atoms with Crippen molar-refractivity contribution in [3.63, 3.8) is 0 Å². The van der Waals surface area contributed by atoms with E-state index in [-0.39, 0.29) is 29.6 Å². The molecule has 28 heavy (non-hydrogen) atoms. The minimum Gasteiger partial charge on any atom is -0.469 e. The summed E-state index contributed by atoms with van der Waals surface area (Å²) in [6, 6.07) is 7.11. The van der Waals surface area contributed by atoms with Crippen molar-refractivity contribution in [1.29, 1.82) is 0 Å². The van der Waals surface area contributed by atoms with Gasteiger partial charge in [0.1, 0.15) is 0 Å². The maximum atomic E-state index is 12.7. The molecule has 152 valence electrons. The number of hydrogen-bond acceptors (Lipinski definition) is 5. The van der Waals surface area contributed by atoms with Crippen LogP contribution in [0.5, 0.6) is 0 Å². The quantitative estimate of drug-likeness (QED) is 0.755. The molecule has 2 aliphatic rings. The van der Waals surface area contributed by atoms with Gasteiger partial charge in [-0.3, -0.25) is 14.4 Å². The second-order valence-corrected chi connectivity index (χ2v) is 7.61. The van der Waals surface area contributed by atoms with Gasteiger partial charge in [-0.25, -0.2) is 0 Å². The van der Waals surface area contributed by atoms with Crippen molar-refractivity contribution in [3.8, 4) is 0 Å². The fourth-order valence-corrected chi connectivity index (χ4v) is 3.87. The van der Waals surface area contributed by atoms with Gasteiger partial charge < -0.3 is 20.3 Å². The number of anilines is 1. The maximum absolute atomic E-state index is 12.7. The van der Waals surface area contributed by atoms with Gasteiger partial charge in [0.2, 0.25) is 5.91 Å². The molecule has 3 rings (SSSR count). The highest BCUT2D eigenvalue weighted by atomic mass is 16.5. The highest BCUT2D eigenvalue weighted by Crippen LogP contribution is 2.23. The first-order chi connectivity index (χ1) is 13.6. The molecule has 2 fully saturated rings. The van der Waals surface area contributed by atoms with Gasteiger partial charge in [-0.05, 0) is 69.0 Å². The number of hydrogen-bond donors (Lipinski definition) is 2. The predicted octanol–water partition coefficient (Wildman–Crippen LogP) is 2.04. The van der Waals surface area contributed by atoms with Gasteiger partial charge >= 0.3 is 5.97 Å². The summed E-state index contributed by atoms with van der Waals surface area (Å²) >= 11 is 0. The largest absolute Gasteiger partial charge is 0.469 e. The molecule has 7 heteroatoms. The molecular weight excluding hydrogens is 358 g/mol. The fraction of sp³-hybridized carbons (Fsp3) is 0.571. The van der Waals surface area contributed by atoms with E-state index in [1.807, 2.05) is 4.90 Å². The number of carbonyl (C=O) groups is 3. The van der Waals surface area contributed by atoms with E-state index in [1.165, 1.54) is 7.11 Å². The number of amides is 2. The van der Waals surface area contributed by atoms with Crippen molar-refractivity contribution >= 4 is 23.5 Å². The normalized spacial score (nSPS) is 18.5. The Balaban J connectivity index is 1.50. The van der Waals surface area contributed by atoms with Crippen LogP contribution in [-0.2, 0) is 14.3 Å². The minimum absolute atomic E-state index is 0.00671. The van der Waals surface area contributed by atoms with E-state index in [1.54, 1.807) is 24.3 Å². The summed E-state index contributed by atoms with van der Waals surface area (Å²) in [5, 5.41) is 6.21. The third-order valence-electron chi connectivity index (χ3n) is 5.69. The molecule has 2 heterocycles. The van der Waals surface area contributed by atoms with Crippen LogP contribution in [-0.4, -0.2) is 56.0 Å². The summed E-state index contributed by atoms with van der Waals surface area (Å²) in [6.45, 7) is 3.05. The molecule has 1 aromatic carbocycles. The van der Waals surface area contributed by atoms with Crippen LogP contribution in [0.15, 0.2) is 24.3 Å². The van der Waals surface area contributed by atoms with Crippen LogP contribution in [0.25, 0.3) is 0 Å². The van der Waals surface area contributed by atoms with Crippen molar-refractivity contribution < 1.29 is 19.1 Å². The van der Waals surface area contributed by atoms with E-state index in [0.29, 0.717) is 25.1 Å². The number of ether oxygens (including phenoxy) is 1. The Morgan fingerprint density at radius 3 is 2.32 bits per heavy atom. The fourth-order valence-electron chi connectivity index (χ4n) is 3.87. The molecule has 2 amide bonds. The van der Waals surface area contributed by atoms with Gasteiger partial charge in [-0.1, -0.05) is 0 Å². The van der Waals surface area contributed by atoms with Crippen LogP contribution >= 0.6 is 0 Å². The molecule has 0 radical (unpaired) electrons. The summed E-state index contributed by atoms with van der Waals surface area (Å²) in [5.74, 6) is 0.186. The Morgan fingerprint density at radius 1 is 1.07 bits per heavy atom. The van der Waals surface area contributed by atoms with Gasteiger partial charge in [0, 0.05) is 36.7 Å². The summed E-state index contributed by atoms with van der Waals surface area (Å²) in [5.41, 5.74) is 1.34. The first-order valence-electron chi connectivity index (χ1n) is 10.0. The summed E-state index contributed by atoms with van der Waals surface area (Å²) in [7, 11) is 1.40. The van der Waals surface area contributed by atoms with Crippen LogP contribution in [0, 0.1) is 11.8 Å². The zero-order valence-corrected chi connectivity index (χ0v) is 16.4. The van der Waals surface area contributed by atoms with Gasteiger partial charge in [0.15, 0.2) is 0 Å². The number of piperidine rings is 2. The lowest BCUT2D eigenvalue weighted by Gasteiger charge is -2.31. The molecular formula is C21H29N3O4. The lowest BCUT2D eigenvalue weighted by atomic mass is 9.93. The molecule has 0 aliphatic carbocycles. The van der Waals surface area contributed by atoms with E-state index < -0.39 is 0 Å². The highest BCUT2D eigenvalue weighted by Gasteiger charge is 2.25. The van der Waals surface area contributed by atoms with E-state index in [9.17, 15) is 14.4 Å². The Bertz CT molecular complexity index is 690. The number of methoxy groups -OCH3 is 1. The second kappa shape index (κ2) is 9.68. The van der Waals surface area contributed by atoms with Crippen LogP contribution in [0.4, 0.5) is 5.69 Å². The van der Waals surface area contributed by atoms with Gasteiger partial charge in [0.25, 0.3) is 5.91 Å². The molecule has 0 unspecified atom stereocenters.